The van der Waals surface area contributed by atoms with Crippen LogP contribution in [0.5, 0.6) is 0 Å². The van der Waals surface area contributed by atoms with Crippen LogP contribution in [-0.2, 0) is 0 Å². The average Bonchev–Trinajstić information content (AvgIpc) is 3.39. The standard InChI is InChI=1S/C22H12O2S2/c23-21-16-8-6-14(20-4-2-10-26-20)12-18(16)22(24)15-7-5-13(11-17(15)21)19-3-1-9-25-19/h1-12H. The average molecular weight is 372 g/mol. The van der Waals surface area contributed by atoms with Crippen LogP contribution < -0.4 is 0 Å². The van der Waals surface area contributed by atoms with Crippen LogP contribution >= 0.6 is 22.7 Å². The molecule has 0 aliphatic heterocycles. The second-order valence-corrected chi connectivity index (χ2v) is 8.03. The molecule has 0 amide bonds. The first-order chi connectivity index (χ1) is 12.7. The lowest BCUT2D eigenvalue weighted by Crippen LogP contribution is -2.20. The highest BCUT2D eigenvalue weighted by molar-refractivity contribution is 7.13. The topological polar surface area (TPSA) is 34.1 Å². The zero-order chi connectivity index (χ0) is 17.7. The molecule has 2 aromatic heterocycles. The van der Waals surface area contributed by atoms with E-state index in [0.717, 1.165) is 20.9 Å². The van der Waals surface area contributed by atoms with E-state index in [4.69, 9.17) is 0 Å². The SMILES string of the molecule is O=C1c2ccc(-c3cccs3)cc2C(=O)c2ccc(-c3cccs3)cc21. The molecule has 0 saturated carbocycles. The van der Waals surface area contributed by atoms with Gasteiger partial charge in [-0.3, -0.25) is 9.59 Å². The molecule has 1 aliphatic rings. The van der Waals surface area contributed by atoms with E-state index >= 15 is 0 Å². The molecule has 2 aromatic carbocycles. The second kappa shape index (κ2) is 5.87. The third-order valence-electron chi connectivity index (χ3n) is 4.63. The molecule has 2 nitrogen and oxygen atoms in total. The number of thiophene rings is 2. The van der Waals surface area contributed by atoms with Crippen molar-refractivity contribution in [2.24, 2.45) is 0 Å². The maximum Gasteiger partial charge on any atom is 0.194 e. The summed E-state index contributed by atoms with van der Waals surface area (Å²) in [6, 6.07) is 19.1. The van der Waals surface area contributed by atoms with Gasteiger partial charge in [0.05, 0.1) is 0 Å². The molecule has 0 spiro atoms. The number of ketones is 2. The molecule has 124 valence electrons. The summed E-state index contributed by atoms with van der Waals surface area (Å²) in [6.07, 6.45) is 0. The Kier molecular flexibility index (Phi) is 3.48. The number of hydrogen-bond acceptors (Lipinski definition) is 4. The molecule has 0 bridgehead atoms. The molecule has 0 fully saturated rings. The van der Waals surface area contributed by atoms with Crippen molar-refractivity contribution in [2.45, 2.75) is 0 Å². The molecule has 4 aromatic rings. The summed E-state index contributed by atoms with van der Waals surface area (Å²) in [5, 5.41) is 4.01. The Bertz CT molecular complexity index is 1060. The highest BCUT2D eigenvalue weighted by Crippen LogP contribution is 2.35. The predicted octanol–water partition coefficient (Wildman–Crippen LogP) is 5.92. The van der Waals surface area contributed by atoms with E-state index in [1.807, 2.05) is 59.3 Å². The van der Waals surface area contributed by atoms with Gasteiger partial charge in [0.2, 0.25) is 0 Å². The Balaban J connectivity index is 1.65. The Morgan fingerprint density at radius 2 is 1.00 bits per heavy atom. The van der Waals surface area contributed by atoms with E-state index in [0.29, 0.717) is 22.3 Å². The van der Waals surface area contributed by atoms with Gasteiger partial charge in [0, 0.05) is 32.0 Å². The van der Waals surface area contributed by atoms with Gasteiger partial charge >= 0.3 is 0 Å². The van der Waals surface area contributed by atoms with Crippen molar-refractivity contribution in [1.29, 1.82) is 0 Å². The van der Waals surface area contributed by atoms with Crippen molar-refractivity contribution in [3.05, 3.63) is 93.7 Å². The Hall–Kier alpha value is -2.82. The number of rotatable bonds is 2. The van der Waals surface area contributed by atoms with Crippen molar-refractivity contribution in [3.8, 4) is 20.9 Å². The first-order valence-corrected chi connectivity index (χ1v) is 9.93. The lowest BCUT2D eigenvalue weighted by Gasteiger charge is -2.18. The number of benzene rings is 2. The first kappa shape index (κ1) is 15.4. The van der Waals surface area contributed by atoms with Crippen molar-refractivity contribution >= 4 is 34.2 Å². The van der Waals surface area contributed by atoms with Crippen LogP contribution in [-0.4, -0.2) is 11.6 Å². The first-order valence-electron chi connectivity index (χ1n) is 8.17. The van der Waals surface area contributed by atoms with Crippen molar-refractivity contribution in [3.63, 3.8) is 0 Å². The summed E-state index contributed by atoms with van der Waals surface area (Å²) < 4.78 is 0. The van der Waals surface area contributed by atoms with Gasteiger partial charge in [0.1, 0.15) is 0 Å². The van der Waals surface area contributed by atoms with Crippen molar-refractivity contribution in [2.75, 3.05) is 0 Å². The minimum Gasteiger partial charge on any atom is -0.289 e. The van der Waals surface area contributed by atoms with Crippen molar-refractivity contribution in [1.82, 2.24) is 0 Å². The van der Waals surface area contributed by atoms with Crippen LogP contribution in [0.4, 0.5) is 0 Å². The molecule has 0 saturated heterocycles. The third kappa shape index (κ3) is 2.30. The second-order valence-electron chi connectivity index (χ2n) is 6.13. The summed E-state index contributed by atoms with van der Waals surface area (Å²) in [4.78, 5) is 28.2. The molecular weight excluding hydrogens is 360 g/mol. The Labute approximate surface area is 158 Å². The van der Waals surface area contributed by atoms with Gasteiger partial charge in [-0.15, -0.1) is 22.7 Å². The normalized spacial score (nSPS) is 12.8. The third-order valence-corrected chi connectivity index (χ3v) is 6.47. The lowest BCUT2D eigenvalue weighted by molar-refractivity contribution is 0.0979. The predicted molar refractivity (Wildman–Crippen MR) is 106 cm³/mol. The van der Waals surface area contributed by atoms with Crippen LogP contribution in [0.15, 0.2) is 71.4 Å². The summed E-state index contributed by atoms with van der Waals surface area (Å²) in [5.74, 6) is -0.156. The number of hydrogen-bond donors (Lipinski definition) is 0. The molecular formula is C22H12O2S2. The van der Waals surface area contributed by atoms with E-state index < -0.39 is 0 Å². The van der Waals surface area contributed by atoms with E-state index in [9.17, 15) is 9.59 Å². The lowest BCUT2D eigenvalue weighted by atomic mass is 9.82. The Morgan fingerprint density at radius 3 is 1.38 bits per heavy atom. The van der Waals surface area contributed by atoms with Gasteiger partial charge in [0.15, 0.2) is 11.6 Å². The molecule has 0 N–H and O–H groups in total. The molecule has 4 heteroatoms. The smallest absolute Gasteiger partial charge is 0.194 e. The zero-order valence-electron chi connectivity index (χ0n) is 13.6. The van der Waals surface area contributed by atoms with Gasteiger partial charge in [0.25, 0.3) is 0 Å². The zero-order valence-corrected chi connectivity index (χ0v) is 15.2. The van der Waals surface area contributed by atoms with Crippen LogP contribution in [0, 0.1) is 0 Å². The molecule has 5 rings (SSSR count). The van der Waals surface area contributed by atoms with E-state index in [-0.39, 0.29) is 11.6 Å². The molecule has 26 heavy (non-hydrogen) atoms. The summed E-state index contributed by atoms with van der Waals surface area (Å²) in [7, 11) is 0. The molecule has 1 aliphatic carbocycles. The minimum atomic E-state index is -0.0780. The fraction of sp³-hybridized carbons (Fsp3) is 0. The largest absolute Gasteiger partial charge is 0.289 e. The Morgan fingerprint density at radius 1 is 0.538 bits per heavy atom. The van der Waals surface area contributed by atoms with Crippen LogP contribution in [0.25, 0.3) is 20.9 Å². The number of carbonyl (C=O) groups excluding carboxylic acids is 2. The molecule has 0 atom stereocenters. The number of fused-ring (bicyclic) bond motifs is 2. The van der Waals surface area contributed by atoms with E-state index in [1.165, 1.54) is 0 Å². The molecule has 2 heterocycles. The summed E-state index contributed by atoms with van der Waals surface area (Å²) >= 11 is 3.24. The van der Waals surface area contributed by atoms with Gasteiger partial charge in [-0.1, -0.05) is 24.3 Å². The molecule has 0 unspecified atom stereocenters. The maximum atomic E-state index is 13.0. The highest BCUT2D eigenvalue weighted by Gasteiger charge is 2.30. The van der Waals surface area contributed by atoms with Crippen LogP contribution in [0.1, 0.15) is 31.8 Å². The fourth-order valence-electron chi connectivity index (χ4n) is 3.34. The van der Waals surface area contributed by atoms with Gasteiger partial charge in [-0.2, -0.15) is 0 Å². The molecule has 0 radical (unpaired) electrons. The van der Waals surface area contributed by atoms with Gasteiger partial charge < -0.3 is 0 Å². The van der Waals surface area contributed by atoms with Crippen LogP contribution in [0.3, 0.4) is 0 Å². The number of carbonyl (C=O) groups is 2. The minimum absolute atomic E-state index is 0.0780. The quantitative estimate of drug-likeness (QED) is 0.385. The summed E-state index contributed by atoms with van der Waals surface area (Å²) in [6.45, 7) is 0. The highest BCUT2D eigenvalue weighted by atomic mass is 32.1. The van der Waals surface area contributed by atoms with Gasteiger partial charge in [-0.25, -0.2) is 0 Å². The maximum absolute atomic E-state index is 13.0. The van der Waals surface area contributed by atoms with Crippen LogP contribution in [0.2, 0.25) is 0 Å². The van der Waals surface area contributed by atoms with Crippen molar-refractivity contribution < 1.29 is 9.59 Å². The van der Waals surface area contributed by atoms with Gasteiger partial charge in [-0.05, 0) is 58.3 Å². The fourth-order valence-corrected chi connectivity index (χ4v) is 4.79. The van der Waals surface area contributed by atoms with E-state index in [2.05, 4.69) is 0 Å². The monoisotopic (exact) mass is 372 g/mol. The summed E-state index contributed by atoms with van der Waals surface area (Å²) in [5.41, 5.74) is 3.92. The van der Waals surface area contributed by atoms with E-state index in [1.54, 1.807) is 34.8 Å².